The van der Waals surface area contributed by atoms with Crippen LogP contribution in [0.15, 0.2) is 0 Å². The van der Waals surface area contributed by atoms with Crippen molar-refractivity contribution in [1.82, 2.24) is 10.2 Å². The van der Waals surface area contributed by atoms with Crippen molar-refractivity contribution >= 4 is 5.91 Å². The molecular weight excluding hydrogens is 216 g/mol. The summed E-state index contributed by atoms with van der Waals surface area (Å²) in [5, 5.41) is 20.4. The average Bonchev–Trinajstić information content (AvgIpc) is 2.77. The lowest BCUT2D eigenvalue weighted by Crippen LogP contribution is -2.53. The summed E-state index contributed by atoms with van der Waals surface area (Å²) >= 11 is 0. The highest BCUT2D eigenvalue weighted by Gasteiger charge is 2.38. The van der Waals surface area contributed by atoms with E-state index in [2.05, 4.69) is 5.32 Å². The topological polar surface area (TPSA) is 79.9 Å². The fourth-order valence-electron chi connectivity index (χ4n) is 2.11. The van der Waals surface area contributed by atoms with Crippen LogP contribution >= 0.6 is 0 Å². The SMILES string of the molecule is CC1(C(=O)N(CCC#N)CCC#N)CCCN1. The molecule has 1 aliphatic rings. The molecule has 0 aromatic carbocycles. The highest BCUT2D eigenvalue weighted by Crippen LogP contribution is 2.21. The average molecular weight is 234 g/mol. The number of hydrogen-bond donors (Lipinski definition) is 1. The summed E-state index contributed by atoms with van der Waals surface area (Å²) in [7, 11) is 0. The van der Waals surface area contributed by atoms with Crippen molar-refractivity contribution in [3.05, 3.63) is 0 Å². The minimum atomic E-state index is -0.509. The maximum absolute atomic E-state index is 12.3. The van der Waals surface area contributed by atoms with Gasteiger partial charge in [0, 0.05) is 13.1 Å². The number of hydrogen-bond acceptors (Lipinski definition) is 4. The van der Waals surface area contributed by atoms with Gasteiger partial charge in [-0.05, 0) is 26.3 Å². The van der Waals surface area contributed by atoms with Gasteiger partial charge >= 0.3 is 0 Å². The van der Waals surface area contributed by atoms with Gasteiger partial charge < -0.3 is 10.2 Å². The van der Waals surface area contributed by atoms with Crippen LogP contribution in [0.5, 0.6) is 0 Å². The molecule has 1 heterocycles. The molecule has 0 aliphatic carbocycles. The number of nitriles is 2. The minimum absolute atomic E-state index is 0.0144. The van der Waals surface area contributed by atoms with Gasteiger partial charge in [-0.15, -0.1) is 0 Å². The summed E-state index contributed by atoms with van der Waals surface area (Å²) in [6.07, 6.45) is 2.44. The van der Waals surface area contributed by atoms with Crippen LogP contribution in [-0.2, 0) is 4.79 Å². The number of carbonyl (C=O) groups excluding carboxylic acids is 1. The van der Waals surface area contributed by atoms with Crippen LogP contribution in [-0.4, -0.2) is 36.0 Å². The van der Waals surface area contributed by atoms with E-state index < -0.39 is 5.54 Å². The standard InChI is InChI=1S/C12H18N4O/c1-12(5-2-8-15-12)11(17)16(9-3-6-13)10-4-7-14/h15H,2-5,8-10H2,1H3. The van der Waals surface area contributed by atoms with Crippen LogP contribution in [0.4, 0.5) is 0 Å². The Hall–Kier alpha value is -1.59. The van der Waals surface area contributed by atoms with Gasteiger partial charge in [-0.3, -0.25) is 4.79 Å². The Morgan fingerprint density at radius 1 is 1.35 bits per heavy atom. The molecule has 0 bridgehead atoms. The number of rotatable bonds is 5. The lowest BCUT2D eigenvalue weighted by Gasteiger charge is -2.31. The third kappa shape index (κ3) is 3.44. The Morgan fingerprint density at radius 3 is 2.35 bits per heavy atom. The summed E-state index contributed by atoms with van der Waals surface area (Å²) in [6.45, 7) is 3.57. The zero-order valence-corrected chi connectivity index (χ0v) is 10.2. The van der Waals surface area contributed by atoms with E-state index in [0.717, 1.165) is 19.4 Å². The van der Waals surface area contributed by atoms with Crippen LogP contribution in [0.3, 0.4) is 0 Å². The largest absolute Gasteiger partial charge is 0.339 e. The zero-order valence-electron chi connectivity index (χ0n) is 10.2. The molecule has 1 rings (SSSR count). The lowest BCUT2D eigenvalue weighted by atomic mass is 9.98. The molecule has 1 fully saturated rings. The van der Waals surface area contributed by atoms with Crippen molar-refractivity contribution in [2.75, 3.05) is 19.6 Å². The quantitative estimate of drug-likeness (QED) is 0.762. The maximum Gasteiger partial charge on any atom is 0.242 e. The number of amides is 1. The van der Waals surface area contributed by atoms with E-state index in [-0.39, 0.29) is 5.91 Å². The Bertz CT molecular complexity index is 328. The predicted octanol–water partition coefficient (Wildman–Crippen LogP) is 0.784. The van der Waals surface area contributed by atoms with E-state index in [1.807, 2.05) is 19.1 Å². The molecule has 1 unspecified atom stereocenters. The van der Waals surface area contributed by atoms with E-state index in [4.69, 9.17) is 10.5 Å². The van der Waals surface area contributed by atoms with Gasteiger partial charge in [-0.25, -0.2) is 0 Å². The van der Waals surface area contributed by atoms with Gasteiger partial charge in [-0.2, -0.15) is 10.5 Å². The van der Waals surface area contributed by atoms with Crippen LogP contribution in [0.2, 0.25) is 0 Å². The number of nitrogens with zero attached hydrogens (tertiary/aromatic N) is 3. The normalized spacial score (nSPS) is 22.8. The van der Waals surface area contributed by atoms with Crippen molar-refractivity contribution in [3.8, 4) is 12.1 Å². The van der Waals surface area contributed by atoms with Crippen molar-refractivity contribution in [2.24, 2.45) is 0 Å². The first-order valence-electron chi connectivity index (χ1n) is 5.92. The van der Waals surface area contributed by atoms with Crippen molar-refractivity contribution < 1.29 is 4.79 Å². The molecule has 0 spiro atoms. The third-order valence-electron chi connectivity index (χ3n) is 3.12. The molecule has 1 amide bonds. The van der Waals surface area contributed by atoms with E-state index in [1.54, 1.807) is 4.90 Å². The van der Waals surface area contributed by atoms with Crippen molar-refractivity contribution in [2.45, 2.75) is 38.1 Å². The second-order valence-corrected chi connectivity index (χ2v) is 4.47. The molecule has 5 nitrogen and oxygen atoms in total. The molecule has 1 N–H and O–H groups in total. The molecule has 0 aromatic heterocycles. The first-order valence-corrected chi connectivity index (χ1v) is 5.92. The molecule has 5 heteroatoms. The highest BCUT2D eigenvalue weighted by molar-refractivity contribution is 5.86. The first-order chi connectivity index (χ1) is 8.14. The van der Waals surface area contributed by atoms with Gasteiger partial charge in [0.25, 0.3) is 0 Å². The smallest absolute Gasteiger partial charge is 0.242 e. The molecule has 1 aliphatic heterocycles. The lowest BCUT2D eigenvalue weighted by molar-refractivity contribution is -0.137. The first kappa shape index (κ1) is 13.5. The van der Waals surface area contributed by atoms with Gasteiger partial charge in [0.15, 0.2) is 0 Å². The molecule has 17 heavy (non-hydrogen) atoms. The fourth-order valence-corrected chi connectivity index (χ4v) is 2.11. The monoisotopic (exact) mass is 234 g/mol. The summed E-state index contributed by atoms with van der Waals surface area (Å²) in [6, 6.07) is 4.07. The number of carbonyl (C=O) groups is 1. The maximum atomic E-state index is 12.3. The second-order valence-electron chi connectivity index (χ2n) is 4.47. The summed E-state index contributed by atoms with van der Waals surface area (Å²) in [4.78, 5) is 14.0. The van der Waals surface area contributed by atoms with Crippen LogP contribution in [0, 0.1) is 22.7 Å². The van der Waals surface area contributed by atoms with Crippen molar-refractivity contribution in [3.63, 3.8) is 0 Å². The van der Waals surface area contributed by atoms with Gasteiger partial charge in [0.1, 0.15) is 0 Å². The summed E-state index contributed by atoms with van der Waals surface area (Å²) < 4.78 is 0. The Kier molecular flexibility index (Phi) is 4.93. The zero-order chi connectivity index (χ0) is 12.7. The van der Waals surface area contributed by atoms with E-state index in [1.165, 1.54) is 0 Å². The van der Waals surface area contributed by atoms with Crippen LogP contribution < -0.4 is 5.32 Å². The third-order valence-corrected chi connectivity index (χ3v) is 3.12. The van der Waals surface area contributed by atoms with Gasteiger partial charge in [0.2, 0.25) is 5.91 Å². The highest BCUT2D eigenvalue weighted by atomic mass is 16.2. The van der Waals surface area contributed by atoms with Crippen LogP contribution in [0.1, 0.15) is 32.6 Å². The molecular formula is C12H18N4O. The summed E-state index contributed by atoms with van der Waals surface area (Å²) in [5.41, 5.74) is -0.509. The predicted molar refractivity (Wildman–Crippen MR) is 62.7 cm³/mol. The Morgan fingerprint density at radius 2 is 1.94 bits per heavy atom. The summed E-state index contributed by atoms with van der Waals surface area (Å²) in [5.74, 6) is 0.0144. The number of nitrogens with one attached hydrogen (secondary N) is 1. The van der Waals surface area contributed by atoms with Gasteiger partial charge in [-0.1, -0.05) is 0 Å². The molecule has 0 saturated carbocycles. The van der Waals surface area contributed by atoms with E-state index in [0.29, 0.717) is 25.9 Å². The van der Waals surface area contributed by atoms with Crippen LogP contribution in [0.25, 0.3) is 0 Å². The molecule has 0 radical (unpaired) electrons. The molecule has 1 atom stereocenters. The minimum Gasteiger partial charge on any atom is -0.339 e. The molecule has 92 valence electrons. The van der Waals surface area contributed by atoms with Crippen molar-refractivity contribution in [1.29, 1.82) is 10.5 Å². The Labute approximate surface area is 102 Å². The van der Waals surface area contributed by atoms with E-state index >= 15 is 0 Å². The fraction of sp³-hybridized carbons (Fsp3) is 0.750. The Balaban J connectivity index is 2.65. The van der Waals surface area contributed by atoms with Gasteiger partial charge in [0.05, 0.1) is 30.5 Å². The molecule has 0 aromatic rings. The second kappa shape index (κ2) is 6.22. The molecule has 1 saturated heterocycles. The van der Waals surface area contributed by atoms with E-state index in [9.17, 15) is 4.79 Å².